The van der Waals surface area contributed by atoms with E-state index in [1.54, 1.807) is 19.1 Å². The van der Waals surface area contributed by atoms with Crippen LogP contribution < -0.4 is 0 Å². The third-order valence-electron chi connectivity index (χ3n) is 2.48. The van der Waals surface area contributed by atoms with E-state index in [4.69, 9.17) is 0 Å². The number of carbonyl (C=O) groups excluding carboxylic acids is 2. The van der Waals surface area contributed by atoms with E-state index in [1.165, 1.54) is 6.92 Å². The Morgan fingerprint density at radius 3 is 2.28 bits per heavy atom. The monoisotopic (exact) mass is 248 g/mol. The summed E-state index contributed by atoms with van der Waals surface area (Å²) in [6.07, 6.45) is 0. The van der Waals surface area contributed by atoms with Crippen molar-refractivity contribution >= 4 is 17.5 Å². The lowest BCUT2D eigenvalue weighted by molar-refractivity contribution is -0.151. The molecule has 0 bridgehead atoms. The number of esters is 1. The number of hydrogen-bond acceptors (Lipinski definition) is 4. The summed E-state index contributed by atoms with van der Waals surface area (Å²) in [5.41, 5.74) is 1.52. The molecule has 0 spiro atoms. The van der Waals surface area contributed by atoms with Crippen LogP contribution in [0.25, 0.3) is 5.76 Å². The molecule has 0 aliphatic heterocycles. The van der Waals surface area contributed by atoms with Crippen molar-refractivity contribution in [3.05, 3.63) is 41.0 Å². The molecular formula is C14H16O4. The fraction of sp³-hybridized carbons (Fsp3) is 0.286. The molecule has 0 atom stereocenters. The minimum absolute atomic E-state index is 0.0164. The van der Waals surface area contributed by atoms with E-state index in [1.807, 2.05) is 19.1 Å². The van der Waals surface area contributed by atoms with E-state index in [-0.39, 0.29) is 17.9 Å². The Hall–Kier alpha value is -2.10. The zero-order valence-electron chi connectivity index (χ0n) is 10.7. The van der Waals surface area contributed by atoms with Crippen LogP contribution in [0.15, 0.2) is 29.8 Å². The van der Waals surface area contributed by atoms with Gasteiger partial charge in [-0.2, -0.15) is 0 Å². The van der Waals surface area contributed by atoms with Gasteiger partial charge in [0.25, 0.3) is 5.78 Å². The molecule has 4 heteroatoms. The Morgan fingerprint density at radius 2 is 1.78 bits per heavy atom. The minimum Gasteiger partial charge on any atom is -0.507 e. The van der Waals surface area contributed by atoms with Crippen molar-refractivity contribution in [1.82, 2.24) is 0 Å². The van der Waals surface area contributed by atoms with Crippen molar-refractivity contribution in [2.45, 2.75) is 20.8 Å². The molecule has 1 aromatic rings. The first kappa shape index (κ1) is 14.0. The largest absolute Gasteiger partial charge is 0.507 e. The van der Waals surface area contributed by atoms with Crippen LogP contribution >= 0.6 is 0 Å². The van der Waals surface area contributed by atoms with Crippen LogP contribution in [0.3, 0.4) is 0 Å². The molecule has 0 aliphatic carbocycles. The minimum atomic E-state index is -0.950. The van der Waals surface area contributed by atoms with Gasteiger partial charge >= 0.3 is 5.97 Å². The highest BCUT2D eigenvalue weighted by molar-refractivity contribution is 6.41. The number of rotatable bonds is 4. The predicted octanol–water partition coefficient (Wildman–Crippen LogP) is 2.42. The van der Waals surface area contributed by atoms with E-state index in [0.29, 0.717) is 5.56 Å². The van der Waals surface area contributed by atoms with Crippen LogP contribution in [0.2, 0.25) is 0 Å². The number of aliphatic hydroxyl groups is 1. The summed E-state index contributed by atoms with van der Waals surface area (Å²) in [5.74, 6) is -1.98. The van der Waals surface area contributed by atoms with Crippen molar-refractivity contribution in [3.63, 3.8) is 0 Å². The maximum absolute atomic E-state index is 11.6. The van der Waals surface area contributed by atoms with Crippen LogP contribution in [0.5, 0.6) is 0 Å². The molecule has 18 heavy (non-hydrogen) atoms. The van der Waals surface area contributed by atoms with E-state index in [9.17, 15) is 14.7 Å². The van der Waals surface area contributed by atoms with E-state index < -0.39 is 11.8 Å². The van der Waals surface area contributed by atoms with Crippen LogP contribution in [-0.4, -0.2) is 23.5 Å². The number of ether oxygens (including phenoxy) is 1. The third kappa shape index (κ3) is 3.20. The van der Waals surface area contributed by atoms with Crippen molar-refractivity contribution in [3.8, 4) is 0 Å². The van der Waals surface area contributed by atoms with Crippen molar-refractivity contribution in [2.75, 3.05) is 6.61 Å². The molecule has 1 rings (SSSR count). The summed E-state index contributed by atoms with van der Waals surface area (Å²) in [6, 6.07) is 7.00. The van der Waals surface area contributed by atoms with Gasteiger partial charge in [0.15, 0.2) is 0 Å². The number of hydrogen-bond donors (Lipinski definition) is 1. The summed E-state index contributed by atoms with van der Waals surface area (Å²) in [4.78, 5) is 22.9. The normalized spacial score (nSPS) is 11.7. The molecule has 0 fully saturated rings. The summed E-state index contributed by atoms with van der Waals surface area (Å²) in [5, 5.41) is 9.92. The molecule has 1 N–H and O–H groups in total. The maximum Gasteiger partial charge on any atom is 0.379 e. The highest BCUT2D eigenvalue weighted by Crippen LogP contribution is 2.17. The first-order chi connectivity index (χ1) is 8.47. The van der Waals surface area contributed by atoms with Gasteiger partial charge in [0.05, 0.1) is 6.61 Å². The Bertz CT molecular complexity index is 483. The summed E-state index contributed by atoms with van der Waals surface area (Å²) in [7, 11) is 0. The van der Waals surface area contributed by atoms with E-state index in [2.05, 4.69) is 4.74 Å². The van der Waals surface area contributed by atoms with E-state index in [0.717, 1.165) is 5.56 Å². The molecule has 0 radical (unpaired) electrons. The Labute approximate surface area is 106 Å². The van der Waals surface area contributed by atoms with Crippen LogP contribution in [0, 0.1) is 6.92 Å². The van der Waals surface area contributed by atoms with Crippen molar-refractivity contribution in [1.29, 1.82) is 0 Å². The second kappa shape index (κ2) is 6.00. The van der Waals surface area contributed by atoms with Crippen LogP contribution in [0.1, 0.15) is 25.0 Å². The lowest BCUT2D eigenvalue weighted by Crippen LogP contribution is -2.19. The van der Waals surface area contributed by atoms with Gasteiger partial charge in [-0.25, -0.2) is 4.79 Å². The zero-order chi connectivity index (χ0) is 13.7. The van der Waals surface area contributed by atoms with Crippen LogP contribution in [0.4, 0.5) is 0 Å². The van der Waals surface area contributed by atoms with Gasteiger partial charge in [0.2, 0.25) is 0 Å². The van der Waals surface area contributed by atoms with Crippen molar-refractivity contribution in [2.24, 2.45) is 0 Å². The molecule has 0 saturated carbocycles. The lowest BCUT2D eigenvalue weighted by Gasteiger charge is -2.06. The average molecular weight is 248 g/mol. The van der Waals surface area contributed by atoms with Gasteiger partial charge in [-0.15, -0.1) is 0 Å². The molecule has 0 aromatic heterocycles. The number of aryl methyl sites for hydroxylation is 1. The SMILES string of the molecule is CCOC(=O)C(=O)/C(C)=C(\O)c1ccc(C)cc1. The summed E-state index contributed by atoms with van der Waals surface area (Å²) < 4.78 is 4.60. The first-order valence-corrected chi connectivity index (χ1v) is 5.65. The van der Waals surface area contributed by atoms with E-state index >= 15 is 0 Å². The zero-order valence-corrected chi connectivity index (χ0v) is 10.7. The molecule has 4 nitrogen and oxygen atoms in total. The number of benzene rings is 1. The summed E-state index contributed by atoms with van der Waals surface area (Å²) in [6.45, 7) is 5.06. The maximum atomic E-state index is 11.6. The third-order valence-corrected chi connectivity index (χ3v) is 2.48. The van der Waals surface area contributed by atoms with Gasteiger partial charge in [-0.05, 0) is 20.8 Å². The average Bonchev–Trinajstić information content (AvgIpc) is 2.37. The second-order valence-electron chi connectivity index (χ2n) is 3.89. The first-order valence-electron chi connectivity index (χ1n) is 5.65. The second-order valence-corrected chi connectivity index (χ2v) is 3.89. The smallest absolute Gasteiger partial charge is 0.379 e. The Morgan fingerprint density at radius 1 is 1.22 bits per heavy atom. The molecular weight excluding hydrogens is 232 g/mol. The van der Waals surface area contributed by atoms with Gasteiger partial charge in [0, 0.05) is 11.1 Å². The van der Waals surface area contributed by atoms with Gasteiger partial charge in [-0.3, -0.25) is 4.79 Å². The quantitative estimate of drug-likeness (QED) is 0.384. The Kier molecular flexibility index (Phi) is 4.66. The molecule has 0 unspecified atom stereocenters. The topological polar surface area (TPSA) is 63.6 Å². The highest BCUT2D eigenvalue weighted by atomic mass is 16.5. The van der Waals surface area contributed by atoms with Crippen molar-refractivity contribution < 1.29 is 19.4 Å². The molecule has 0 saturated heterocycles. The number of ketones is 1. The fourth-order valence-corrected chi connectivity index (χ4v) is 1.39. The fourth-order valence-electron chi connectivity index (χ4n) is 1.39. The highest BCUT2D eigenvalue weighted by Gasteiger charge is 2.20. The lowest BCUT2D eigenvalue weighted by atomic mass is 10.1. The van der Waals surface area contributed by atoms with Gasteiger partial charge < -0.3 is 9.84 Å². The molecule has 96 valence electrons. The number of carbonyl (C=O) groups is 2. The molecule has 0 amide bonds. The molecule has 1 aromatic carbocycles. The van der Waals surface area contributed by atoms with Gasteiger partial charge in [0.1, 0.15) is 5.76 Å². The predicted molar refractivity (Wildman–Crippen MR) is 68.0 cm³/mol. The van der Waals surface area contributed by atoms with Gasteiger partial charge in [-0.1, -0.05) is 29.8 Å². The summed E-state index contributed by atoms with van der Waals surface area (Å²) >= 11 is 0. The molecule has 0 heterocycles. The number of aliphatic hydroxyl groups excluding tert-OH is 1. The molecule has 0 aliphatic rings. The standard InChI is InChI=1S/C14H16O4/c1-4-18-14(17)13(16)10(3)12(15)11-7-5-9(2)6-8-11/h5-8,15H,4H2,1-3H3/b12-10-. The van der Waals surface area contributed by atoms with Crippen LogP contribution in [-0.2, 0) is 14.3 Å². The Balaban J connectivity index is 3.01. The number of Topliss-reactive ketones (excluding diaryl/α,β-unsaturated/α-hetero) is 1.